The summed E-state index contributed by atoms with van der Waals surface area (Å²) in [5, 5.41) is 16.8. The minimum atomic E-state index is -0.580. The van der Waals surface area contributed by atoms with Crippen molar-refractivity contribution in [2.75, 3.05) is 5.32 Å². The first-order valence-corrected chi connectivity index (χ1v) is 8.19. The summed E-state index contributed by atoms with van der Waals surface area (Å²) in [6.45, 7) is 1.69. The second-order valence-corrected chi connectivity index (χ2v) is 6.05. The van der Waals surface area contributed by atoms with Gasteiger partial charge in [-0.15, -0.1) is 0 Å². The van der Waals surface area contributed by atoms with E-state index in [0.29, 0.717) is 17.7 Å². The van der Waals surface area contributed by atoms with E-state index < -0.39 is 6.10 Å². The minimum absolute atomic E-state index is 0.207. The van der Waals surface area contributed by atoms with E-state index in [0.717, 1.165) is 16.8 Å². The number of aliphatic hydroxyl groups is 1. The molecule has 3 rings (SSSR count). The SMILES string of the molecule is C[C@H](O)c1cccc(NC(=O)c2cnn(C)c2Cc2ccccc2)c1. The van der Waals surface area contributed by atoms with E-state index in [1.54, 1.807) is 29.9 Å². The highest BCUT2D eigenvalue weighted by atomic mass is 16.3. The van der Waals surface area contributed by atoms with Gasteiger partial charge in [-0.3, -0.25) is 9.48 Å². The number of hydrogen-bond donors (Lipinski definition) is 2. The van der Waals surface area contributed by atoms with Crippen molar-refractivity contribution < 1.29 is 9.90 Å². The number of anilines is 1. The Morgan fingerprint density at radius 2 is 1.96 bits per heavy atom. The van der Waals surface area contributed by atoms with Gasteiger partial charge in [0.25, 0.3) is 5.91 Å². The summed E-state index contributed by atoms with van der Waals surface area (Å²) >= 11 is 0. The molecule has 0 bridgehead atoms. The number of carbonyl (C=O) groups is 1. The lowest BCUT2D eigenvalue weighted by Crippen LogP contribution is -2.15. The standard InChI is InChI=1S/C20H21N3O2/c1-14(24)16-9-6-10-17(12-16)22-20(25)18-13-21-23(2)19(18)11-15-7-4-3-5-8-15/h3-10,12-14,24H,11H2,1-2H3,(H,22,25)/t14-/m0/s1. The van der Waals surface area contributed by atoms with Crippen molar-refractivity contribution in [3.8, 4) is 0 Å². The third-order valence-corrected chi connectivity index (χ3v) is 4.15. The summed E-state index contributed by atoms with van der Waals surface area (Å²) in [6, 6.07) is 17.2. The van der Waals surface area contributed by atoms with Crippen molar-refractivity contribution in [3.05, 3.63) is 83.2 Å². The highest BCUT2D eigenvalue weighted by Crippen LogP contribution is 2.19. The van der Waals surface area contributed by atoms with Gasteiger partial charge in [0.1, 0.15) is 0 Å². The van der Waals surface area contributed by atoms with E-state index in [4.69, 9.17) is 0 Å². The van der Waals surface area contributed by atoms with Gasteiger partial charge in [-0.1, -0.05) is 42.5 Å². The Kier molecular flexibility index (Phi) is 4.95. The van der Waals surface area contributed by atoms with Crippen molar-refractivity contribution in [1.82, 2.24) is 9.78 Å². The van der Waals surface area contributed by atoms with Crippen molar-refractivity contribution in [1.29, 1.82) is 0 Å². The van der Waals surface area contributed by atoms with E-state index in [2.05, 4.69) is 10.4 Å². The monoisotopic (exact) mass is 335 g/mol. The molecule has 0 aliphatic rings. The van der Waals surface area contributed by atoms with Crippen LogP contribution in [0.5, 0.6) is 0 Å². The lowest BCUT2D eigenvalue weighted by atomic mass is 10.1. The molecule has 0 saturated heterocycles. The lowest BCUT2D eigenvalue weighted by Gasteiger charge is -2.10. The van der Waals surface area contributed by atoms with Crippen LogP contribution in [0.25, 0.3) is 0 Å². The third kappa shape index (κ3) is 3.95. The average molecular weight is 335 g/mol. The smallest absolute Gasteiger partial charge is 0.259 e. The van der Waals surface area contributed by atoms with Crippen LogP contribution in [0.3, 0.4) is 0 Å². The highest BCUT2D eigenvalue weighted by molar-refractivity contribution is 6.05. The van der Waals surface area contributed by atoms with E-state index in [1.807, 2.05) is 49.5 Å². The maximum atomic E-state index is 12.7. The quantitative estimate of drug-likeness (QED) is 0.752. The highest BCUT2D eigenvalue weighted by Gasteiger charge is 2.17. The second kappa shape index (κ2) is 7.32. The third-order valence-electron chi connectivity index (χ3n) is 4.15. The van der Waals surface area contributed by atoms with Gasteiger partial charge < -0.3 is 10.4 Å². The Labute approximate surface area is 146 Å². The fourth-order valence-electron chi connectivity index (χ4n) is 2.73. The summed E-state index contributed by atoms with van der Waals surface area (Å²) < 4.78 is 1.73. The predicted molar refractivity (Wildman–Crippen MR) is 97.5 cm³/mol. The molecule has 2 N–H and O–H groups in total. The summed E-state index contributed by atoms with van der Waals surface area (Å²) in [5.41, 5.74) is 3.94. The van der Waals surface area contributed by atoms with Crippen molar-refractivity contribution >= 4 is 11.6 Å². The predicted octanol–water partition coefficient (Wildman–Crippen LogP) is 3.32. The molecular formula is C20H21N3O2. The number of rotatable bonds is 5. The van der Waals surface area contributed by atoms with E-state index in [1.165, 1.54) is 0 Å². The van der Waals surface area contributed by atoms with Gasteiger partial charge in [0.15, 0.2) is 0 Å². The molecule has 1 heterocycles. The summed E-state index contributed by atoms with van der Waals surface area (Å²) in [5.74, 6) is -0.207. The van der Waals surface area contributed by atoms with Gasteiger partial charge in [0.05, 0.1) is 23.6 Å². The number of amides is 1. The number of aryl methyl sites for hydroxylation is 1. The van der Waals surface area contributed by atoms with E-state index in [9.17, 15) is 9.90 Å². The van der Waals surface area contributed by atoms with Crippen molar-refractivity contribution in [2.24, 2.45) is 7.05 Å². The first kappa shape index (κ1) is 16.9. The molecule has 1 amide bonds. The van der Waals surface area contributed by atoms with Gasteiger partial charge in [0, 0.05) is 19.2 Å². The Morgan fingerprint density at radius 3 is 2.68 bits per heavy atom. The number of aromatic nitrogens is 2. The number of nitrogens with zero attached hydrogens (tertiary/aromatic N) is 2. The summed E-state index contributed by atoms with van der Waals surface area (Å²) in [6.07, 6.45) is 1.64. The Morgan fingerprint density at radius 1 is 1.20 bits per heavy atom. The van der Waals surface area contributed by atoms with Gasteiger partial charge in [-0.25, -0.2) is 0 Å². The van der Waals surface area contributed by atoms with Gasteiger partial charge in [0.2, 0.25) is 0 Å². The molecule has 1 aromatic heterocycles. The molecule has 3 aromatic rings. The average Bonchev–Trinajstić information content (AvgIpc) is 2.97. The normalized spacial score (nSPS) is 12.0. The van der Waals surface area contributed by atoms with Crippen LogP contribution in [0.2, 0.25) is 0 Å². The molecule has 0 saturated carbocycles. The van der Waals surface area contributed by atoms with Crippen molar-refractivity contribution in [3.63, 3.8) is 0 Å². The molecule has 0 fully saturated rings. The second-order valence-electron chi connectivity index (χ2n) is 6.05. The molecule has 128 valence electrons. The number of carbonyl (C=O) groups excluding carboxylic acids is 1. The zero-order valence-electron chi connectivity index (χ0n) is 14.3. The van der Waals surface area contributed by atoms with Crippen LogP contribution in [-0.4, -0.2) is 20.8 Å². The van der Waals surface area contributed by atoms with Gasteiger partial charge >= 0.3 is 0 Å². The van der Waals surface area contributed by atoms with Crippen LogP contribution in [0.4, 0.5) is 5.69 Å². The molecule has 0 aliphatic carbocycles. The first-order chi connectivity index (χ1) is 12.0. The molecule has 0 unspecified atom stereocenters. The largest absolute Gasteiger partial charge is 0.389 e. The number of benzene rings is 2. The molecular weight excluding hydrogens is 314 g/mol. The number of hydrogen-bond acceptors (Lipinski definition) is 3. The molecule has 0 radical (unpaired) electrons. The lowest BCUT2D eigenvalue weighted by molar-refractivity contribution is 0.102. The maximum absolute atomic E-state index is 12.7. The van der Waals surface area contributed by atoms with Crippen molar-refractivity contribution in [2.45, 2.75) is 19.4 Å². The van der Waals surface area contributed by atoms with Crippen LogP contribution >= 0.6 is 0 Å². The molecule has 0 spiro atoms. The zero-order chi connectivity index (χ0) is 17.8. The minimum Gasteiger partial charge on any atom is -0.389 e. The molecule has 5 heteroatoms. The van der Waals surface area contributed by atoms with Crippen LogP contribution in [0.1, 0.15) is 40.2 Å². The Balaban J connectivity index is 1.82. The van der Waals surface area contributed by atoms with Crippen LogP contribution in [-0.2, 0) is 13.5 Å². The molecule has 25 heavy (non-hydrogen) atoms. The molecule has 2 aromatic carbocycles. The Bertz CT molecular complexity index is 870. The van der Waals surface area contributed by atoms with Crippen LogP contribution in [0, 0.1) is 0 Å². The Hall–Kier alpha value is -2.92. The van der Waals surface area contributed by atoms with Crippen LogP contribution < -0.4 is 5.32 Å². The topological polar surface area (TPSA) is 67.2 Å². The maximum Gasteiger partial charge on any atom is 0.259 e. The first-order valence-electron chi connectivity index (χ1n) is 8.19. The van der Waals surface area contributed by atoms with Crippen LogP contribution in [0.15, 0.2) is 60.8 Å². The van der Waals surface area contributed by atoms with Gasteiger partial charge in [-0.2, -0.15) is 5.10 Å². The van der Waals surface area contributed by atoms with E-state index >= 15 is 0 Å². The molecule has 5 nitrogen and oxygen atoms in total. The summed E-state index contributed by atoms with van der Waals surface area (Å²) in [7, 11) is 1.84. The van der Waals surface area contributed by atoms with E-state index in [-0.39, 0.29) is 5.91 Å². The number of nitrogens with one attached hydrogen (secondary N) is 1. The fourth-order valence-corrected chi connectivity index (χ4v) is 2.73. The summed E-state index contributed by atoms with van der Waals surface area (Å²) in [4.78, 5) is 12.7. The molecule has 1 atom stereocenters. The zero-order valence-corrected chi connectivity index (χ0v) is 14.3. The molecule has 0 aliphatic heterocycles. The fraction of sp³-hybridized carbons (Fsp3) is 0.200. The number of aliphatic hydroxyl groups excluding tert-OH is 1. The van der Waals surface area contributed by atoms with Gasteiger partial charge in [-0.05, 0) is 30.2 Å².